The Morgan fingerprint density at radius 2 is 2.24 bits per heavy atom. The minimum absolute atomic E-state index is 0.523. The lowest BCUT2D eigenvalue weighted by Gasteiger charge is -2.07. The van der Waals surface area contributed by atoms with Crippen LogP contribution in [0.5, 0.6) is 5.75 Å². The summed E-state index contributed by atoms with van der Waals surface area (Å²) in [5.74, 6) is 0.591. The Balaban J connectivity index is 2.55. The molecule has 1 rings (SSSR count). The van der Waals surface area contributed by atoms with E-state index in [0.29, 0.717) is 24.5 Å². The molecule has 0 fully saturated rings. The lowest BCUT2D eigenvalue weighted by Crippen LogP contribution is -1.97. The van der Waals surface area contributed by atoms with Crippen molar-refractivity contribution in [3.63, 3.8) is 0 Å². The monoisotopic (exact) mass is 231 g/mol. The molecule has 0 aliphatic rings. The molecule has 3 heteroatoms. The highest BCUT2D eigenvalue weighted by Gasteiger charge is 2.03. The highest BCUT2D eigenvalue weighted by Crippen LogP contribution is 2.19. The minimum Gasteiger partial charge on any atom is -0.495 e. The van der Waals surface area contributed by atoms with Crippen LogP contribution in [-0.2, 0) is 11.3 Å². The van der Waals surface area contributed by atoms with Gasteiger partial charge in [-0.05, 0) is 31.0 Å². The van der Waals surface area contributed by atoms with Gasteiger partial charge in [0.25, 0.3) is 0 Å². The van der Waals surface area contributed by atoms with E-state index in [1.54, 1.807) is 13.2 Å². The Morgan fingerprint density at radius 3 is 2.82 bits per heavy atom. The highest BCUT2D eigenvalue weighted by atomic mass is 16.5. The average Bonchev–Trinajstić information content (AvgIpc) is 2.34. The van der Waals surface area contributed by atoms with Crippen LogP contribution in [0.15, 0.2) is 30.4 Å². The molecule has 0 atom stereocenters. The summed E-state index contributed by atoms with van der Waals surface area (Å²) >= 11 is 0. The molecule has 0 spiro atoms. The Kier molecular flexibility index (Phi) is 5.25. The largest absolute Gasteiger partial charge is 0.495 e. The predicted molar refractivity (Wildman–Crippen MR) is 66.8 cm³/mol. The van der Waals surface area contributed by atoms with E-state index in [1.807, 2.05) is 19.1 Å². The first-order chi connectivity index (χ1) is 8.17. The van der Waals surface area contributed by atoms with Crippen molar-refractivity contribution >= 4 is 0 Å². The van der Waals surface area contributed by atoms with Crippen molar-refractivity contribution in [2.45, 2.75) is 20.0 Å². The molecule has 90 valence electrons. The number of hydrogen-bond acceptors (Lipinski definition) is 3. The summed E-state index contributed by atoms with van der Waals surface area (Å²) < 4.78 is 10.6. The van der Waals surface area contributed by atoms with Gasteiger partial charge < -0.3 is 9.47 Å². The van der Waals surface area contributed by atoms with Gasteiger partial charge in [0.15, 0.2) is 0 Å². The molecule has 0 heterocycles. The standard InChI is InChI=1S/C14H17NO2/c1-11(2)6-7-17-10-12-4-5-13(9-15)14(8-12)16-3/h4-5,8H,1,6-7,10H2,2-3H3. The van der Waals surface area contributed by atoms with Crippen LogP contribution in [0.1, 0.15) is 24.5 Å². The second-order valence-corrected chi connectivity index (χ2v) is 3.91. The third kappa shape index (κ3) is 4.29. The van der Waals surface area contributed by atoms with Crippen LogP contribution < -0.4 is 4.74 Å². The maximum Gasteiger partial charge on any atom is 0.136 e. The molecule has 0 N–H and O–H groups in total. The molecule has 0 radical (unpaired) electrons. The fourth-order valence-electron chi connectivity index (χ4n) is 1.35. The fraction of sp³-hybridized carbons (Fsp3) is 0.357. The van der Waals surface area contributed by atoms with Gasteiger partial charge in [-0.2, -0.15) is 5.26 Å². The SMILES string of the molecule is C=C(C)CCOCc1ccc(C#N)c(OC)c1. The van der Waals surface area contributed by atoms with Crippen LogP contribution in [0.4, 0.5) is 0 Å². The lowest BCUT2D eigenvalue weighted by atomic mass is 10.1. The van der Waals surface area contributed by atoms with Crippen molar-refractivity contribution < 1.29 is 9.47 Å². The van der Waals surface area contributed by atoms with Gasteiger partial charge in [0, 0.05) is 0 Å². The van der Waals surface area contributed by atoms with Crippen LogP contribution in [-0.4, -0.2) is 13.7 Å². The third-order valence-electron chi connectivity index (χ3n) is 2.33. The quantitative estimate of drug-likeness (QED) is 0.558. The zero-order valence-electron chi connectivity index (χ0n) is 10.3. The van der Waals surface area contributed by atoms with Gasteiger partial charge in [-0.1, -0.05) is 11.6 Å². The first-order valence-electron chi connectivity index (χ1n) is 5.46. The molecule has 0 saturated heterocycles. The normalized spacial score (nSPS) is 9.71. The average molecular weight is 231 g/mol. The number of hydrogen-bond donors (Lipinski definition) is 0. The molecule has 1 aromatic carbocycles. The maximum atomic E-state index is 8.84. The van der Waals surface area contributed by atoms with E-state index in [1.165, 1.54) is 0 Å². The minimum atomic E-state index is 0.523. The van der Waals surface area contributed by atoms with Gasteiger partial charge in [-0.15, -0.1) is 6.58 Å². The zero-order valence-corrected chi connectivity index (χ0v) is 10.3. The van der Waals surface area contributed by atoms with Crippen molar-refractivity contribution in [3.05, 3.63) is 41.5 Å². The van der Waals surface area contributed by atoms with Crippen LogP contribution in [0.2, 0.25) is 0 Å². The fourth-order valence-corrected chi connectivity index (χ4v) is 1.35. The van der Waals surface area contributed by atoms with Gasteiger partial charge >= 0.3 is 0 Å². The Morgan fingerprint density at radius 1 is 1.47 bits per heavy atom. The molecule has 3 nitrogen and oxygen atoms in total. The van der Waals surface area contributed by atoms with Crippen LogP contribution in [0, 0.1) is 11.3 Å². The molecule has 0 aliphatic carbocycles. The topological polar surface area (TPSA) is 42.2 Å². The number of nitrogens with zero attached hydrogens (tertiary/aromatic N) is 1. The molecule has 0 aromatic heterocycles. The van der Waals surface area contributed by atoms with Gasteiger partial charge in [0.05, 0.1) is 25.9 Å². The number of benzene rings is 1. The van der Waals surface area contributed by atoms with Gasteiger partial charge in [-0.25, -0.2) is 0 Å². The van der Waals surface area contributed by atoms with E-state index in [2.05, 4.69) is 12.6 Å². The number of ether oxygens (including phenoxy) is 2. The second kappa shape index (κ2) is 6.72. The summed E-state index contributed by atoms with van der Waals surface area (Å²) in [5.41, 5.74) is 2.66. The lowest BCUT2D eigenvalue weighted by molar-refractivity contribution is 0.123. The third-order valence-corrected chi connectivity index (χ3v) is 2.33. The summed E-state index contributed by atoms with van der Waals surface area (Å²) in [6.07, 6.45) is 0.868. The Bertz CT molecular complexity index is 432. The summed E-state index contributed by atoms with van der Waals surface area (Å²) in [5, 5.41) is 8.84. The summed E-state index contributed by atoms with van der Waals surface area (Å²) in [6, 6.07) is 7.53. The van der Waals surface area contributed by atoms with Crippen molar-refractivity contribution in [2.75, 3.05) is 13.7 Å². The Labute approximate surface area is 102 Å². The summed E-state index contributed by atoms with van der Waals surface area (Å²) in [7, 11) is 1.56. The van der Waals surface area contributed by atoms with Crippen molar-refractivity contribution in [1.82, 2.24) is 0 Å². The molecule has 0 unspecified atom stereocenters. The van der Waals surface area contributed by atoms with E-state index in [9.17, 15) is 0 Å². The molecule has 1 aromatic rings. The van der Waals surface area contributed by atoms with Crippen molar-refractivity contribution in [3.8, 4) is 11.8 Å². The molecule has 0 saturated carbocycles. The van der Waals surface area contributed by atoms with E-state index >= 15 is 0 Å². The van der Waals surface area contributed by atoms with Gasteiger partial charge in [0.1, 0.15) is 11.8 Å². The number of rotatable bonds is 6. The summed E-state index contributed by atoms with van der Waals surface area (Å²) in [6.45, 7) is 6.98. The number of nitriles is 1. The molecule has 17 heavy (non-hydrogen) atoms. The van der Waals surface area contributed by atoms with Crippen LogP contribution >= 0.6 is 0 Å². The molecule has 0 bridgehead atoms. The van der Waals surface area contributed by atoms with Gasteiger partial charge in [0.2, 0.25) is 0 Å². The predicted octanol–water partition coefficient (Wildman–Crippen LogP) is 3.05. The van der Waals surface area contributed by atoms with Crippen molar-refractivity contribution in [2.24, 2.45) is 0 Å². The molecular formula is C14H17NO2. The zero-order chi connectivity index (χ0) is 12.7. The smallest absolute Gasteiger partial charge is 0.136 e. The first kappa shape index (κ1) is 13.3. The van der Waals surface area contributed by atoms with Gasteiger partial charge in [-0.3, -0.25) is 0 Å². The first-order valence-corrected chi connectivity index (χ1v) is 5.46. The summed E-state index contributed by atoms with van der Waals surface area (Å²) in [4.78, 5) is 0. The Hall–Kier alpha value is -1.79. The highest BCUT2D eigenvalue weighted by molar-refractivity contribution is 5.45. The number of methoxy groups -OCH3 is 1. The van der Waals surface area contributed by atoms with Crippen LogP contribution in [0.3, 0.4) is 0 Å². The van der Waals surface area contributed by atoms with E-state index in [0.717, 1.165) is 17.6 Å². The molecular weight excluding hydrogens is 214 g/mol. The maximum absolute atomic E-state index is 8.84. The second-order valence-electron chi connectivity index (χ2n) is 3.91. The van der Waals surface area contributed by atoms with Crippen molar-refractivity contribution in [1.29, 1.82) is 5.26 Å². The molecule has 0 amide bonds. The van der Waals surface area contributed by atoms with Crippen LogP contribution in [0.25, 0.3) is 0 Å². The van der Waals surface area contributed by atoms with E-state index in [-0.39, 0.29) is 0 Å². The van der Waals surface area contributed by atoms with E-state index < -0.39 is 0 Å². The van der Waals surface area contributed by atoms with E-state index in [4.69, 9.17) is 14.7 Å². The molecule has 0 aliphatic heterocycles.